The molecule has 4 nitrogen and oxygen atoms in total. The van der Waals surface area contributed by atoms with E-state index in [2.05, 4.69) is 0 Å². The normalized spacial score (nSPS) is 11.5. The zero-order valence-corrected chi connectivity index (χ0v) is 7.49. The first-order chi connectivity index (χ1) is 4.25. The molecule has 0 unspecified atom stereocenters. The Bertz CT molecular complexity index is 181. The van der Waals surface area contributed by atoms with E-state index in [1.807, 2.05) is 0 Å². The van der Waals surface area contributed by atoms with Crippen molar-refractivity contribution in [3.63, 3.8) is 0 Å². The van der Waals surface area contributed by atoms with Crippen molar-refractivity contribution in [3.8, 4) is 0 Å². The van der Waals surface area contributed by atoms with E-state index in [4.69, 9.17) is 15.8 Å². The van der Waals surface area contributed by atoms with Gasteiger partial charge < -0.3 is 0 Å². The summed E-state index contributed by atoms with van der Waals surface area (Å²) < 4.78 is 65.9. The van der Waals surface area contributed by atoms with E-state index < -0.39 is 15.6 Å². The summed E-state index contributed by atoms with van der Waals surface area (Å²) in [6, 6.07) is 0. The molecule has 60 valence electrons. The summed E-state index contributed by atoms with van der Waals surface area (Å²) in [6.45, 7) is 0. The van der Waals surface area contributed by atoms with Gasteiger partial charge in [-0.15, -0.1) is 0 Å². The van der Waals surface area contributed by atoms with Gasteiger partial charge in [0.05, 0.1) is 0 Å². The molecular formula is CHF3O4SZr. The van der Waals surface area contributed by atoms with Crippen LogP contribution >= 0.6 is 0 Å². The number of alkyl halides is 3. The fourth-order valence-electron chi connectivity index (χ4n) is 0. The Morgan fingerprint density at radius 2 is 1.30 bits per heavy atom. The van der Waals surface area contributed by atoms with E-state index in [1.165, 1.54) is 0 Å². The second-order valence-electron chi connectivity index (χ2n) is 0.921. The summed E-state index contributed by atoms with van der Waals surface area (Å²) in [6.07, 6.45) is 0. The van der Waals surface area contributed by atoms with E-state index in [-0.39, 0.29) is 0 Å². The molecule has 0 aliphatic carbocycles. The molecule has 0 heterocycles. The van der Waals surface area contributed by atoms with Crippen LogP contribution in [0.1, 0.15) is 0 Å². The summed E-state index contributed by atoms with van der Waals surface area (Å²) in [4.78, 5) is 0. The van der Waals surface area contributed by atoms with Crippen molar-refractivity contribution in [2.75, 3.05) is 0 Å². The molecule has 0 spiro atoms. The van der Waals surface area contributed by atoms with Gasteiger partial charge in [-0.3, -0.25) is 4.55 Å². The Labute approximate surface area is 69.5 Å². The van der Waals surface area contributed by atoms with Gasteiger partial charge in [-0.05, 0) is 0 Å². The molecular weight excluding hydrogens is 256 g/mol. The molecule has 0 aromatic carbocycles. The van der Waals surface area contributed by atoms with E-state index in [0.717, 1.165) is 0 Å². The molecule has 0 radical (unpaired) electrons. The van der Waals surface area contributed by atoms with E-state index >= 15 is 0 Å². The fraction of sp³-hybridized carbons (Fsp3) is 1.00. The fourth-order valence-corrected chi connectivity index (χ4v) is 0. The summed E-state index contributed by atoms with van der Waals surface area (Å²) in [5, 5.41) is 0. The minimum atomic E-state index is -5.84. The van der Waals surface area contributed by atoms with Crippen molar-refractivity contribution in [2.24, 2.45) is 0 Å². The van der Waals surface area contributed by atoms with Crippen LogP contribution in [0.15, 0.2) is 0 Å². The first-order valence-corrected chi connectivity index (χ1v) is 3.93. The molecule has 9 heteroatoms. The Balaban J connectivity index is 0. The van der Waals surface area contributed by atoms with Crippen LogP contribution in [0.4, 0.5) is 13.2 Å². The number of halogens is 3. The van der Waals surface area contributed by atoms with Crippen LogP contribution in [0.2, 0.25) is 0 Å². The topological polar surface area (TPSA) is 71.4 Å². The minimum absolute atomic E-state index is 0.300. The van der Waals surface area contributed by atoms with Crippen molar-refractivity contribution in [2.45, 2.75) is 5.51 Å². The second-order valence-corrected chi connectivity index (χ2v) is 2.33. The molecule has 0 atom stereocenters. The monoisotopic (exact) mass is 256 g/mol. The van der Waals surface area contributed by atoms with E-state index in [9.17, 15) is 13.2 Å². The van der Waals surface area contributed by atoms with Crippen molar-refractivity contribution in [1.82, 2.24) is 0 Å². The van der Waals surface area contributed by atoms with Gasteiger partial charge in [-0.25, -0.2) is 0 Å². The molecule has 0 saturated heterocycles. The first-order valence-electron chi connectivity index (χ1n) is 1.49. The Hall–Kier alpha value is 0.383. The molecule has 0 bridgehead atoms. The van der Waals surface area contributed by atoms with Gasteiger partial charge in [0.1, 0.15) is 0 Å². The van der Waals surface area contributed by atoms with Crippen LogP contribution in [0.3, 0.4) is 0 Å². The molecule has 0 rings (SSSR count). The number of rotatable bonds is 0. The molecule has 0 saturated carbocycles. The standard InChI is InChI=1S/CHF3O3S.O.Zr/c2-1(3,4)8(5,6)7;;/h(H,5,6,7);;. The quantitative estimate of drug-likeness (QED) is 0.499. The molecule has 0 aromatic heterocycles. The number of hydrogen-bond donors (Lipinski definition) is 1. The van der Waals surface area contributed by atoms with Crippen LogP contribution in [0.5, 0.6) is 0 Å². The zero-order valence-electron chi connectivity index (χ0n) is 4.21. The van der Waals surface area contributed by atoms with Crippen LogP contribution in [0.25, 0.3) is 0 Å². The summed E-state index contributed by atoms with van der Waals surface area (Å²) in [5.74, 6) is 0. The Kier molecular flexibility index (Phi) is 5.59. The third-order valence-corrected chi connectivity index (χ3v) is 0.877. The Morgan fingerprint density at radius 1 is 1.20 bits per heavy atom. The predicted molar refractivity (Wildman–Crippen MR) is 18.3 cm³/mol. The van der Waals surface area contributed by atoms with Gasteiger partial charge >= 0.3 is 43.2 Å². The van der Waals surface area contributed by atoms with Gasteiger partial charge in [0.15, 0.2) is 0 Å². The van der Waals surface area contributed by atoms with E-state index in [0.29, 0.717) is 24.7 Å². The average Bonchev–Trinajstić information content (AvgIpc) is 1.66. The van der Waals surface area contributed by atoms with Crippen molar-refractivity contribution < 1.29 is 53.7 Å². The molecule has 0 fully saturated rings. The van der Waals surface area contributed by atoms with Crippen LogP contribution in [0, 0.1) is 0 Å². The second kappa shape index (κ2) is 4.30. The maximum atomic E-state index is 10.7. The van der Waals surface area contributed by atoms with Gasteiger partial charge in [0, 0.05) is 0 Å². The average molecular weight is 257 g/mol. The molecule has 0 aromatic rings. The van der Waals surface area contributed by atoms with Crippen LogP contribution in [-0.2, 0) is 37.7 Å². The van der Waals surface area contributed by atoms with Crippen LogP contribution in [-0.4, -0.2) is 18.5 Å². The van der Waals surface area contributed by atoms with Crippen molar-refractivity contribution >= 4 is 10.1 Å². The first kappa shape index (κ1) is 13.0. The van der Waals surface area contributed by atoms with Gasteiger partial charge in [0.25, 0.3) is 0 Å². The molecule has 1 N–H and O–H groups in total. The van der Waals surface area contributed by atoms with E-state index in [1.54, 1.807) is 0 Å². The maximum absolute atomic E-state index is 10.7. The SMILES string of the molecule is O=S(=O)(O)C(F)(F)F.[O]=[Zr]. The Morgan fingerprint density at radius 3 is 1.30 bits per heavy atom. The van der Waals surface area contributed by atoms with Crippen molar-refractivity contribution in [1.29, 1.82) is 0 Å². The molecule has 0 amide bonds. The molecule has 0 aliphatic heterocycles. The molecule has 0 aliphatic rings. The number of hydrogen-bond acceptors (Lipinski definition) is 3. The van der Waals surface area contributed by atoms with Gasteiger partial charge in [0.2, 0.25) is 0 Å². The summed E-state index contributed by atoms with van der Waals surface area (Å²) >= 11 is 0.300. The van der Waals surface area contributed by atoms with Crippen LogP contribution < -0.4 is 0 Å². The van der Waals surface area contributed by atoms with Gasteiger partial charge in [-0.1, -0.05) is 0 Å². The summed E-state index contributed by atoms with van der Waals surface area (Å²) in [5.41, 5.74) is -5.53. The zero-order chi connectivity index (χ0) is 9.00. The van der Waals surface area contributed by atoms with Gasteiger partial charge in [-0.2, -0.15) is 21.6 Å². The third-order valence-electron chi connectivity index (χ3n) is 0.292. The molecule has 10 heavy (non-hydrogen) atoms. The third kappa shape index (κ3) is 5.19. The predicted octanol–water partition coefficient (Wildman–Crippen LogP) is 0.273. The summed E-state index contributed by atoms with van der Waals surface area (Å²) in [7, 11) is -5.84. The van der Waals surface area contributed by atoms with Crippen molar-refractivity contribution in [3.05, 3.63) is 0 Å².